The van der Waals surface area contributed by atoms with Crippen molar-refractivity contribution in [3.8, 4) is 41.2 Å². The zero-order valence-corrected chi connectivity index (χ0v) is 60.7. The molecule has 13 rings (SSSR count). The van der Waals surface area contributed by atoms with Gasteiger partial charge in [-0.25, -0.2) is 16.3 Å². The summed E-state index contributed by atoms with van der Waals surface area (Å²) in [5.74, 6) is -2.31. The fourth-order valence-electron chi connectivity index (χ4n) is 12.1. The Kier molecular flexibility index (Phi) is 27.0. The van der Waals surface area contributed by atoms with Crippen LogP contribution in [0.25, 0.3) is 32.3 Å². The molecule has 25 heteroatoms. The zero-order chi connectivity index (χ0) is 78.2. The van der Waals surface area contributed by atoms with E-state index in [1.54, 1.807) is 12.4 Å². The van der Waals surface area contributed by atoms with Gasteiger partial charge in [0.15, 0.2) is 0 Å². The number of rotatable bonds is 22. The molecule has 556 valence electrons. The minimum Gasteiger partial charge on any atom is -0.507 e. The number of benzene rings is 12. The Bertz CT molecular complexity index is 5590. The molecule has 111 heavy (non-hydrogen) atoms. The van der Waals surface area contributed by atoms with Gasteiger partial charge in [-0.15, -0.1) is 13.2 Å². The number of nitriles is 3. The van der Waals surface area contributed by atoms with Crippen LogP contribution in [-0.4, -0.2) is 94.0 Å². The lowest BCUT2D eigenvalue weighted by atomic mass is 10.00. The molecule has 0 saturated carbocycles. The number of nitrogens with one attached hydrogen (secondary N) is 4. The number of hydrogen-bond acceptors (Lipinski definition) is 17. The van der Waals surface area contributed by atoms with E-state index < -0.39 is 24.1 Å². The first-order chi connectivity index (χ1) is 53.8. The molecule has 0 aromatic heterocycles. The van der Waals surface area contributed by atoms with Gasteiger partial charge in [0, 0.05) is 95.8 Å². The van der Waals surface area contributed by atoms with E-state index in [1.165, 1.54) is 96.2 Å². The average Bonchev–Trinajstić information content (AvgIpc) is 0.806. The number of alkyl halides is 3. The molecule has 0 spiro atoms. The van der Waals surface area contributed by atoms with E-state index in [4.69, 9.17) is 43.7 Å². The lowest BCUT2D eigenvalue weighted by Gasteiger charge is -2.35. The van der Waals surface area contributed by atoms with Crippen LogP contribution in [0.3, 0.4) is 0 Å². The second-order valence-corrected chi connectivity index (χ2v) is 26.2. The number of carbonyl (C=O) groups excluding carboxylic acids is 3. The van der Waals surface area contributed by atoms with Crippen molar-refractivity contribution in [1.82, 2.24) is 31.4 Å². The smallest absolute Gasteiger partial charge is 0.507 e. The number of fused-ring (bicyclic) bond motifs is 3. The SMILES string of the molecule is N#Cc1cc(C(=O)N/N=C/c2cccc3c(CN4CCN(Cc5ccc(Cl)cc5)CC4)cccc23)ccc1O.N#Cc1cc(C(=O)N/N=C/c2cccc3c(CNCc4ccc(Cl)cc4)cccc23)ccc1O.N#Cc1cc(C(=O)N/N=C/c2cccc3c(COCc4ccc(OC(F)(F)F)cc4)cccc23)ccc1O. The minimum absolute atomic E-state index is 0.0158. The predicted molar refractivity (Wildman–Crippen MR) is 421 cm³/mol. The van der Waals surface area contributed by atoms with Crippen LogP contribution < -0.4 is 26.3 Å². The molecule has 1 fully saturated rings. The van der Waals surface area contributed by atoms with Crippen molar-refractivity contribution in [3.63, 3.8) is 0 Å². The van der Waals surface area contributed by atoms with Gasteiger partial charge >= 0.3 is 6.36 Å². The van der Waals surface area contributed by atoms with Crippen molar-refractivity contribution in [3.05, 3.63) is 330 Å². The maximum absolute atomic E-state index is 12.5. The van der Waals surface area contributed by atoms with Crippen LogP contribution in [0, 0.1) is 34.0 Å². The van der Waals surface area contributed by atoms with Crippen molar-refractivity contribution in [2.75, 3.05) is 26.2 Å². The molecule has 12 aromatic carbocycles. The van der Waals surface area contributed by atoms with Crippen LogP contribution in [0.2, 0.25) is 10.0 Å². The lowest BCUT2D eigenvalue weighted by Crippen LogP contribution is -2.45. The molecule has 0 unspecified atom stereocenters. The molecular formula is C86H69Cl2F3N12O8. The number of hydrazone groups is 3. The van der Waals surface area contributed by atoms with Crippen LogP contribution in [0.15, 0.2) is 252 Å². The summed E-state index contributed by atoms with van der Waals surface area (Å²) in [5.41, 5.74) is 17.0. The second-order valence-electron chi connectivity index (χ2n) is 25.3. The van der Waals surface area contributed by atoms with Gasteiger partial charge < -0.3 is 30.1 Å². The van der Waals surface area contributed by atoms with Crippen LogP contribution in [0.1, 0.15) is 97.8 Å². The fourth-order valence-corrected chi connectivity index (χ4v) is 12.4. The number of halogens is 5. The Morgan fingerprint density at radius 1 is 0.432 bits per heavy atom. The Labute approximate surface area is 646 Å². The normalized spacial score (nSPS) is 12.3. The van der Waals surface area contributed by atoms with Gasteiger partial charge in [-0.2, -0.15) is 31.1 Å². The topological polar surface area (TPSA) is 293 Å². The number of hydrogen-bond donors (Lipinski definition) is 7. The Morgan fingerprint density at radius 3 is 1.23 bits per heavy atom. The molecular weight excluding hydrogens is 1460 g/mol. The number of piperazine rings is 1. The fraction of sp³-hybridized carbons (Fsp3) is 0.128. The molecule has 3 amide bonds. The molecule has 1 saturated heterocycles. The molecule has 12 aromatic rings. The summed E-state index contributed by atoms with van der Waals surface area (Å²) in [5, 5.41) is 79.2. The molecule has 0 aliphatic carbocycles. The maximum Gasteiger partial charge on any atom is 0.573 e. The first kappa shape index (κ1) is 78.8. The van der Waals surface area contributed by atoms with Gasteiger partial charge in [0.25, 0.3) is 17.7 Å². The third-order valence-corrected chi connectivity index (χ3v) is 18.3. The van der Waals surface area contributed by atoms with E-state index >= 15 is 0 Å². The third kappa shape index (κ3) is 22.0. The quantitative estimate of drug-likeness (QED) is 0.0245. The molecule has 20 nitrogen and oxygen atoms in total. The second kappa shape index (κ2) is 38.0. The molecule has 0 bridgehead atoms. The van der Waals surface area contributed by atoms with Crippen molar-refractivity contribution >= 4 is 91.9 Å². The molecule has 1 aliphatic heterocycles. The largest absolute Gasteiger partial charge is 0.573 e. The zero-order valence-electron chi connectivity index (χ0n) is 59.2. The van der Waals surface area contributed by atoms with E-state index in [0.29, 0.717) is 12.1 Å². The van der Waals surface area contributed by atoms with Gasteiger partial charge in [0.05, 0.1) is 48.5 Å². The lowest BCUT2D eigenvalue weighted by molar-refractivity contribution is -0.274. The van der Waals surface area contributed by atoms with Gasteiger partial charge in [-0.3, -0.25) is 24.2 Å². The summed E-state index contributed by atoms with van der Waals surface area (Å²) in [4.78, 5) is 42.1. The highest BCUT2D eigenvalue weighted by molar-refractivity contribution is 6.30. The Hall–Kier alpha value is -13.3. The van der Waals surface area contributed by atoms with E-state index in [2.05, 4.69) is 100.0 Å². The first-order valence-corrected chi connectivity index (χ1v) is 35.3. The highest BCUT2D eigenvalue weighted by Crippen LogP contribution is 2.29. The van der Waals surface area contributed by atoms with Gasteiger partial charge in [-0.05, 0) is 157 Å². The highest BCUT2D eigenvalue weighted by Gasteiger charge is 2.31. The molecule has 7 N–H and O–H groups in total. The number of phenolic OH excluding ortho intramolecular Hbond substituents is 3. The third-order valence-electron chi connectivity index (χ3n) is 17.8. The molecule has 0 radical (unpaired) electrons. The number of phenols is 3. The summed E-state index contributed by atoms with van der Waals surface area (Å²) in [7, 11) is 0. The number of amides is 3. The van der Waals surface area contributed by atoms with Crippen LogP contribution in [0.4, 0.5) is 13.2 Å². The van der Waals surface area contributed by atoms with Gasteiger partial charge in [0.1, 0.15) is 41.2 Å². The van der Waals surface area contributed by atoms with Crippen LogP contribution in [-0.2, 0) is 44.1 Å². The van der Waals surface area contributed by atoms with Gasteiger partial charge in [-0.1, -0.05) is 169 Å². The van der Waals surface area contributed by atoms with E-state index in [0.717, 1.165) is 122 Å². The Balaban J connectivity index is 0.000000165. The van der Waals surface area contributed by atoms with Crippen LogP contribution in [0.5, 0.6) is 23.0 Å². The standard InChI is InChI=1S/C31H28ClN5O2.C28H20F3N3O4.C27H21ClN4O2/c32-27-10-7-22(8-11-27)20-36-13-15-37(16-14-36)21-25-4-2-5-28-24(3-1-6-29(25)28)19-34-35-31(39)23-9-12-30(38)26(17-23)18-33;29-28(30,31)38-23-10-7-18(8-11-23)16-37-17-21-4-2-5-24-20(3-1-6-25(21)24)15-33-34-27(36)19-9-12-26(35)22(13-19)14-32;28-23-10-7-18(8-11-23)15-30-16-20-3-1-6-25-21(4-2-5-24(20)25)17-31-32-27(34)19-9-12-26(33)22(13-19)14-29/h1-12,17,19,38H,13-16,20-21H2,(H,35,39);1-13,15,35H,16-17H2,(H,34,36);1-13,17,30,33H,15-16H2,(H,32,34)/b34-19+;33-15+;31-17+. The summed E-state index contributed by atoms with van der Waals surface area (Å²) < 4.78 is 46.6. The predicted octanol–water partition coefficient (Wildman–Crippen LogP) is 16.1. The molecule has 1 heterocycles. The molecule has 1 aliphatic rings. The molecule has 0 atom stereocenters. The number of ether oxygens (including phenoxy) is 2. The Morgan fingerprint density at radius 2 is 0.802 bits per heavy atom. The number of nitrogens with zero attached hydrogens (tertiary/aromatic N) is 8. The van der Waals surface area contributed by atoms with Crippen molar-refractivity contribution in [2.45, 2.75) is 45.8 Å². The summed E-state index contributed by atoms with van der Waals surface area (Å²) >= 11 is 12.0. The van der Waals surface area contributed by atoms with E-state index in [1.807, 2.05) is 127 Å². The minimum atomic E-state index is -4.74. The monoisotopic (exact) mass is 1520 g/mol. The highest BCUT2D eigenvalue weighted by atomic mass is 35.5. The first-order valence-electron chi connectivity index (χ1n) is 34.6. The van der Waals surface area contributed by atoms with Crippen molar-refractivity contribution < 1.29 is 52.3 Å². The van der Waals surface area contributed by atoms with Crippen molar-refractivity contribution in [2.24, 2.45) is 15.3 Å². The summed E-state index contributed by atoms with van der Waals surface area (Å²) in [6.45, 7) is 7.72. The maximum atomic E-state index is 12.5. The van der Waals surface area contributed by atoms with Crippen LogP contribution >= 0.6 is 23.2 Å². The number of aromatic hydroxyl groups is 3. The average molecular weight is 1530 g/mol. The van der Waals surface area contributed by atoms with Gasteiger partial charge in [0.2, 0.25) is 0 Å². The summed E-state index contributed by atoms with van der Waals surface area (Å²) in [6, 6.07) is 74.6. The number of carbonyl (C=O) groups is 3. The van der Waals surface area contributed by atoms with E-state index in [9.17, 15) is 42.9 Å². The summed E-state index contributed by atoms with van der Waals surface area (Å²) in [6.07, 6.45) is -0.0145. The van der Waals surface area contributed by atoms with Crippen molar-refractivity contribution in [1.29, 1.82) is 15.8 Å². The van der Waals surface area contributed by atoms with E-state index in [-0.39, 0.29) is 69.6 Å².